The molecule has 0 saturated heterocycles. The molecule has 0 bridgehead atoms. The van der Waals surface area contributed by atoms with E-state index in [1.807, 2.05) is 41.2 Å². The van der Waals surface area contributed by atoms with Crippen LogP contribution in [0.3, 0.4) is 0 Å². The Labute approximate surface area is 86.8 Å². The summed E-state index contributed by atoms with van der Waals surface area (Å²) >= 11 is 0. The predicted molar refractivity (Wildman–Crippen MR) is 57.4 cm³/mol. The summed E-state index contributed by atoms with van der Waals surface area (Å²) in [4.78, 5) is 10.6. The lowest BCUT2D eigenvalue weighted by atomic mass is 10.2. The third-order valence-corrected chi connectivity index (χ3v) is 2.03. The Kier molecular flexibility index (Phi) is 2.41. The number of carboxylic acid groups (broad SMARTS) is 1. The van der Waals surface area contributed by atoms with E-state index in [2.05, 4.69) is 5.32 Å². The van der Waals surface area contributed by atoms with E-state index in [0.717, 1.165) is 5.69 Å². The highest BCUT2D eigenvalue weighted by Gasteiger charge is 2.04. The average molecular weight is 202 g/mol. The molecule has 1 aromatic heterocycles. The second-order valence-electron chi connectivity index (χ2n) is 3.04. The quantitative estimate of drug-likeness (QED) is 0.786. The maximum absolute atomic E-state index is 10.6. The fraction of sp³-hybridized carbons (Fsp3) is 0. The molecule has 1 aromatic carbocycles. The number of rotatable bonds is 2. The van der Waals surface area contributed by atoms with Gasteiger partial charge in [-0.3, -0.25) is 5.32 Å². The number of hydrogen-bond donors (Lipinski definition) is 2. The van der Waals surface area contributed by atoms with E-state index in [0.29, 0.717) is 5.69 Å². The van der Waals surface area contributed by atoms with Crippen LogP contribution in [0, 0.1) is 0 Å². The molecule has 0 saturated carbocycles. The Hall–Kier alpha value is -2.23. The molecule has 0 unspecified atom stereocenters. The first-order chi connectivity index (χ1) is 7.27. The maximum Gasteiger partial charge on any atom is 0.409 e. The molecule has 0 fully saturated rings. The van der Waals surface area contributed by atoms with Crippen molar-refractivity contribution in [2.24, 2.45) is 0 Å². The highest BCUT2D eigenvalue weighted by molar-refractivity contribution is 5.86. The molecular weight excluding hydrogens is 192 g/mol. The summed E-state index contributed by atoms with van der Waals surface area (Å²) in [5, 5.41) is 11.0. The van der Waals surface area contributed by atoms with Gasteiger partial charge in [0.25, 0.3) is 0 Å². The first-order valence-electron chi connectivity index (χ1n) is 4.50. The van der Waals surface area contributed by atoms with Crippen LogP contribution in [0.4, 0.5) is 10.5 Å². The van der Waals surface area contributed by atoms with Crippen molar-refractivity contribution in [2.75, 3.05) is 5.32 Å². The molecule has 0 aliphatic rings. The molecule has 76 valence electrons. The van der Waals surface area contributed by atoms with Gasteiger partial charge in [0.2, 0.25) is 0 Å². The zero-order valence-corrected chi connectivity index (χ0v) is 7.92. The molecule has 2 N–H and O–H groups in total. The summed E-state index contributed by atoms with van der Waals surface area (Å²) < 4.78 is 1.85. The van der Waals surface area contributed by atoms with Crippen LogP contribution in [-0.4, -0.2) is 15.8 Å². The second-order valence-corrected chi connectivity index (χ2v) is 3.04. The lowest BCUT2D eigenvalue weighted by Crippen LogP contribution is -2.09. The Morgan fingerprint density at radius 2 is 1.80 bits per heavy atom. The summed E-state index contributed by atoms with van der Waals surface area (Å²) in [5.41, 5.74) is 1.38. The molecule has 0 atom stereocenters. The lowest BCUT2D eigenvalue weighted by Gasteiger charge is -2.09. The first kappa shape index (κ1) is 9.33. The number of amides is 1. The van der Waals surface area contributed by atoms with Crippen molar-refractivity contribution in [1.82, 2.24) is 4.57 Å². The smallest absolute Gasteiger partial charge is 0.409 e. The molecule has 1 amide bonds. The van der Waals surface area contributed by atoms with Gasteiger partial charge in [-0.1, -0.05) is 12.1 Å². The predicted octanol–water partition coefficient (Wildman–Crippen LogP) is 2.57. The number of para-hydroxylation sites is 2. The van der Waals surface area contributed by atoms with Gasteiger partial charge in [0, 0.05) is 12.4 Å². The monoisotopic (exact) mass is 202 g/mol. The molecule has 0 aliphatic heterocycles. The number of nitrogens with one attached hydrogen (secondary N) is 1. The number of benzene rings is 1. The summed E-state index contributed by atoms with van der Waals surface area (Å²) in [6, 6.07) is 11.0. The number of nitrogens with zero attached hydrogens (tertiary/aromatic N) is 1. The summed E-state index contributed by atoms with van der Waals surface area (Å²) in [6.07, 6.45) is 2.67. The third kappa shape index (κ3) is 1.99. The van der Waals surface area contributed by atoms with Crippen molar-refractivity contribution in [1.29, 1.82) is 0 Å². The van der Waals surface area contributed by atoms with Gasteiger partial charge in [0.1, 0.15) is 0 Å². The highest BCUT2D eigenvalue weighted by Crippen LogP contribution is 2.19. The largest absolute Gasteiger partial charge is 0.465 e. The second kappa shape index (κ2) is 3.88. The Morgan fingerprint density at radius 1 is 1.13 bits per heavy atom. The van der Waals surface area contributed by atoms with Gasteiger partial charge in [0.15, 0.2) is 0 Å². The summed E-state index contributed by atoms with van der Waals surface area (Å²) in [7, 11) is 0. The molecule has 0 aliphatic carbocycles. The van der Waals surface area contributed by atoms with Crippen LogP contribution in [0.2, 0.25) is 0 Å². The Bertz CT molecular complexity index is 463. The number of hydrogen-bond acceptors (Lipinski definition) is 1. The van der Waals surface area contributed by atoms with E-state index in [-0.39, 0.29) is 0 Å². The van der Waals surface area contributed by atoms with E-state index in [4.69, 9.17) is 5.11 Å². The van der Waals surface area contributed by atoms with Crippen LogP contribution in [-0.2, 0) is 0 Å². The van der Waals surface area contributed by atoms with Gasteiger partial charge in [-0.05, 0) is 24.3 Å². The standard InChI is InChI=1S/C11H10N2O2/c14-11(15)12-9-5-1-2-6-10(9)13-7-3-4-8-13/h1-8,12H,(H,14,15). The summed E-state index contributed by atoms with van der Waals surface area (Å²) in [6.45, 7) is 0. The van der Waals surface area contributed by atoms with Crippen molar-refractivity contribution in [3.63, 3.8) is 0 Å². The van der Waals surface area contributed by atoms with Gasteiger partial charge in [-0.25, -0.2) is 4.79 Å². The molecule has 0 radical (unpaired) electrons. The number of aromatic nitrogens is 1. The van der Waals surface area contributed by atoms with E-state index >= 15 is 0 Å². The lowest BCUT2D eigenvalue weighted by molar-refractivity contribution is 0.209. The molecule has 4 heteroatoms. The Morgan fingerprint density at radius 3 is 2.47 bits per heavy atom. The Balaban J connectivity index is 2.42. The van der Waals surface area contributed by atoms with Crippen molar-refractivity contribution >= 4 is 11.8 Å². The fourth-order valence-electron chi connectivity index (χ4n) is 1.41. The molecule has 1 heterocycles. The number of carbonyl (C=O) groups is 1. The average Bonchev–Trinajstić information content (AvgIpc) is 2.70. The first-order valence-corrected chi connectivity index (χ1v) is 4.50. The normalized spacial score (nSPS) is 9.87. The van der Waals surface area contributed by atoms with Gasteiger partial charge in [-0.2, -0.15) is 0 Å². The van der Waals surface area contributed by atoms with E-state index in [1.165, 1.54) is 0 Å². The molecule has 15 heavy (non-hydrogen) atoms. The summed E-state index contributed by atoms with van der Waals surface area (Å²) in [5.74, 6) is 0. The molecule has 4 nitrogen and oxygen atoms in total. The molecular formula is C11H10N2O2. The van der Waals surface area contributed by atoms with Gasteiger partial charge >= 0.3 is 6.09 Å². The van der Waals surface area contributed by atoms with Crippen molar-refractivity contribution in [3.05, 3.63) is 48.8 Å². The van der Waals surface area contributed by atoms with Gasteiger partial charge in [-0.15, -0.1) is 0 Å². The minimum absolute atomic E-state index is 0.571. The minimum Gasteiger partial charge on any atom is -0.465 e. The third-order valence-electron chi connectivity index (χ3n) is 2.03. The van der Waals surface area contributed by atoms with E-state index < -0.39 is 6.09 Å². The van der Waals surface area contributed by atoms with Crippen LogP contribution < -0.4 is 5.32 Å². The van der Waals surface area contributed by atoms with Gasteiger partial charge in [0.05, 0.1) is 11.4 Å². The molecule has 2 rings (SSSR count). The van der Waals surface area contributed by atoms with Crippen molar-refractivity contribution in [3.8, 4) is 5.69 Å². The van der Waals surface area contributed by atoms with Crippen LogP contribution in [0.25, 0.3) is 5.69 Å². The maximum atomic E-state index is 10.6. The van der Waals surface area contributed by atoms with Gasteiger partial charge < -0.3 is 9.67 Å². The minimum atomic E-state index is -1.06. The van der Waals surface area contributed by atoms with Crippen LogP contribution in [0.5, 0.6) is 0 Å². The van der Waals surface area contributed by atoms with Crippen LogP contribution >= 0.6 is 0 Å². The van der Waals surface area contributed by atoms with Crippen molar-refractivity contribution < 1.29 is 9.90 Å². The van der Waals surface area contributed by atoms with E-state index in [1.54, 1.807) is 12.1 Å². The zero-order chi connectivity index (χ0) is 10.7. The van der Waals surface area contributed by atoms with Crippen molar-refractivity contribution in [2.45, 2.75) is 0 Å². The topological polar surface area (TPSA) is 54.3 Å². The highest BCUT2D eigenvalue weighted by atomic mass is 16.4. The van der Waals surface area contributed by atoms with Crippen LogP contribution in [0.1, 0.15) is 0 Å². The number of anilines is 1. The van der Waals surface area contributed by atoms with Crippen LogP contribution in [0.15, 0.2) is 48.8 Å². The zero-order valence-electron chi connectivity index (χ0n) is 7.92. The molecule has 2 aromatic rings. The fourth-order valence-corrected chi connectivity index (χ4v) is 1.41. The van der Waals surface area contributed by atoms with E-state index in [9.17, 15) is 4.79 Å². The SMILES string of the molecule is O=C(O)Nc1ccccc1-n1cccc1. The molecule has 0 spiro atoms.